The maximum absolute atomic E-state index is 12.6. The Balaban J connectivity index is 2.27. The molecule has 0 aliphatic rings. The van der Waals surface area contributed by atoms with Crippen molar-refractivity contribution in [2.24, 2.45) is 7.05 Å². The molecule has 24 heavy (non-hydrogen) atoms. The first kappa shape index (κ1) is 18.3. The molecule has 1 atom stereocenters. The molecule has 0 aliphatic carbocycles. The van der Waals surface area contributed by atoms with Crippen LogP contribution in [0.5, 0.6) is 0 Å². The second-order valence-electron chi connectivity index (χ2n) is 7.03. The molecule has 130 valence electrons. The Hall–Kier alpha value is -2.02. The summed E-state index contributed by atoms with van der Waals surface area (Å²) in [6, 6.07) is -0.267. The van der Waals surface area contributed by atoms with Crippen LogP contribution in [0, 0.1) is 13.8 Å². The summed E-state index contributed by atoms with van der Waals surface area (Å²) in [6.45, 7) is 11.7. The van der Waals surface area contributed by atoms with Crippen molar-refractivity contribution < 1.29 is 4.79 Å². The van der Waals surface area contributed by atoms with E-state index in [1.165, 1.54) is 16.0 Å². The molecule has 0 saturated carbocycles. The van der Waals surface area contributed by atoms with Crippen molar-refractivity contribution >= 4 is 17.2 Å². The van der Waals surface area contributed by atoms with Crippen molar-refractivity contribution in [1.82, 2.24) is 20.1 Å². The molecular weight excluding hydrogens is 324 g/mol. The highest BCUT2D eigenvalue weighted by Crippen LogP contribution is 2.26. The van der Waals surface area contributed by atoms with Gasteiger partial charge in [0.1, 0.15) is 10.6 Å². The van der Waals surface area contributed by atoms with Crippen LogP contribution in [0.2, 0.25) is 0 Å². The van der Waals surface area contributed by atoms with Crippen LogP contribution in [0.15, 0.2) is 10.2 Å². The lowest BCUT2D eigenvalue weighted by atomic mass is 9.93. The molecule has 7 heteroatoms. The smallest absolute Gasteiger partial charge is 0.279 e. The predicted octanol–water partition coefficient (Wildman–Crippen LogP) is 2.64. The summed E-state index contributed by atoms with van der Waals surface area (Å²) in [5.74, 6) is -0.390. The summed E-state index contributed by atoms with van der Waals surface area (Å²) in [5.41, 5.74) is 1.99. The van der Waals surface area contributed by atoms with Crippen LogP contribution >= 0.6 is 11.3 Å². The largest absolute Gasteiger partial charge is 0.343 e. The zero-order chi connectivity index (χ0) is 18.2. The SMILES string of the molecule is Cc1nn(C)c(=O)c(C(=O)N[C@H](C)c2nc(C(C)(C)C)cs2)c1C. The zero-order valence-electron chi connectivity index (χ0n) is 15.2. The lowest BCUT2D eigenvalue weighted by molar-refractivity contribution is 0.0936. The zero-order valence-corrected chi connectivity index (χ0v) is 16.0. The van der Waals surface area contributed by atoms with Gasteiger partial charge in [-0.05, 0) is 26.3 Å². The molecule has 1 N–H and O–H groups in total. The molecule has 0 radical (unpaired) electrons. The van der Waals surface area contributed by atoms with Crippen LogP contribution in [-0.2, 0) is 12.5 Å². The lowest BCUT2D eigenvalue weighted by Crippen LogP contribution is -2.36. The molecule has 2 aromatic rings. The molecule has 2 aromatic heterocycles. The number of carbonyl (C=O) groups excluding carboxylic acids is 1. The third-order valence-corrected chi connectivity index (χ3v) is 4.99. The number of rotatable bonds is 3. The molecule has 2 rings (SSSR count). The van der Waals surface area contributed by atoms with Crippen LogP contribution < -0.4 is 10.9 Å². The molecular formula is C17H24N4O2S. The Bertz CT molecular complexity index is 830. The van der Waals surface area contributed by atoms with Gasteiger partial charge in [-0.2, -0.15) is 5.10 Å². The molecule has 0 unspecified atom stereocenters. The second kappa shape index (κ2) is 6.47. The van der Waals surface area contributed by atoms with E-state index in [1.54, 1.807) is 20.9 Å². The van der Waals surface area contributed by atoms with E-state index >= 15 is 0 Å². The van der Waals surface area contributed by atoms with E-state index in [0.717, 1.165) is 10.7 Å². The van der Waals surface area contributed by atoms with Crippen LogP contribution in [0.3, 0.4) is 0 Å². The van der Waals surface area contributed by atoms with Crippen molar-refractivity contribution in [3.05, 3.63) is 43.3 Å². The highest BCUT2D eigenvalue weighted by atomic mass is 32.1. The molecule has 6 nitrogen and oxygen atoms in total. The minimum atomic E-state index is -0.391. The van der Waals surface area contributed by atoms with Gasteiger partial charge in [0.15, 0.2) is 0 Å². The van der Waals surface area contributed by atoms with E-state index in [9.17, 15) is 9.59 Å². The van der Waals surface area contributed by atoms with E-state index in [2.05, 4.69) is 36.2 Å². The summed E-state index contributed by atoms with van der Waals surface area (Å²) in [4.78, 5) is 29.5. The third-order valence-electron chi connectivity index (χ3n) is 3.96. The first-order valence-electron chi connectivity index (χ1n) is 7.83. The molecule has 0 saturated heterocycles. The Labute approximate surface area is 145 Å². The average molecular weight is 348 g/mol. The van der Waals surface area contributed by atoms with Crippen molar-refractivity contribution in [3.63, 3.8) is 0 Å². The fourth-order valence-corrected chi connectivity index (χ4v) is 3.33. The molecule has 0 spiro atoms. The summed E-state index contributed by atoms with van der Waals surface area (Å²) < 4.78 is 1.20. The van der Waals surface area contributed by atoms with Crippen molar-refractivity contribution in [2.75, 3.05) is 0 Å². The molecule has 0 fully saturated rings. The van der Waals surface area contributed by atoms with Gasteiger partial charge in [-0.3, -0.25) is 9.59 Å². The Morgan fingerprint density at radius 2 is 1.96 bits per heavy atom. The van der Waals surface area contributed by atoms with Crippen molar-refractivity contribution in [2.45, 2.75) is 53.0 Å². The fraction of sp³-hybridized carbons (Fsp3) is 0.529. The van der Waals surface area contributed by atoms with Crippen LogP contribution in [0.4, 0.5) is 0 Å². The number of aromatic nitrogens is 3. The van der Waals surface area contributed by atoms with E-state index in [0.29, 0.717) is 11.3 Å². The first-order chi connectivity index (χ1) is 11.0. The minimum Gasteiger partial charge on any atom is -0.343 e. The van der Waals surface area contributed by atoms with Gasteiger partial charge in [0.05, 0.1) is 17.4 Å². The van der Waals surface area contributed by atoms with E-state index in [4.69, 9.17) is 0 Å². The lowest BCUT2D eigenvalue weighted by Gasteiger charge is -2.16. The van der Waals surface area contributed by atoms with E-state index < -0.39 is 11.5 Å². The van der Waals surface area contributed by atoms with Gasteiger partial charge in [0.2, 0.25) is 0 Å². The highest BCUT2D eigenvalue weighted by molar-refractivity contribution is 7.09. The van der Waals surface area contributed by atoms with Gasteiger partial charge in [-0.1, -0.05) is 20.8 Å². The number of nitrogens with one attached hydrogen (secondary N) is 1. The number of hydrogen-bond acceptors (Lipinski definition) is 5. The normalized spacial score (nSPS) is 13.0. The maximum Gasteiger partial charge on any atom is 0.279 e. The van der Waals surface area contributed by atoms with Gasteiger partial charge in [-0.25, -0.2) is 9.67 Å². The second-order valence-corrected chi connectivity index (χ2v) is 7.92. The van der Waals surface area contributed by atoms with Gasteiger partial charge >= 0.3 is 0 Å². The van der Waals surface area contributed by atoms with E-state index in [-0.39, 0.29) is 17.0 Å². The first-order valence-corrected chi connectivity index (χ1v) is 8.71. The van der Waals surface area contributed by atoms with Crippen LogP contribution in [0.1, 0.15) is 66.1 Å². The number of hydrogen-bond donors (Lipinski definition) is 1. The van der Waals surface area contributed by atoms with E-state index in [1.807, 2.05) is 12.3 Å². The number of aryl methyl sites for hydroxylation is 2. The third kappa shape index (κ3) is 3.56. The molecule has 1 amide bonds. The summed E-state index contributed by atoms with van der Waals surface area (Å²) in [7, 11) is 1.55. The Morgan fingerprint density at radius 1 is 1.33 bits per heavy atom. The van der Waals surface area contributed by atoms with Crippen molar-refractivity contribution in [1.29, 1.82) is 0 Å². The van der Waals surface area contributed by atoms with Crippen LogP contribution in [0.25, 0.3) is 0 Å². The fourth-order valence-electron chi connectivity index (χ4n) is 2.28. The summed E-state index contributed by atoms with van der Waals surface area (Å²) in [5, 5.41) is 9.82. The molecule has 0 aromatic carbocycles. The van der Waals surface area contributed by atoms with Gasteiger partial charge in [0, 0.05) is 17.8 Å². The van der Waals surface area contributed by atoms with Gasteiger partial charge in [-0.15, -0.1) is 11.3 Å². The van der Waals surface area contributed by atoms with Gasteiger partial charge < -0.3 is 5.32 Å². The average Bonchev–Trinajstić information content (AvgIpc) is 2.95. The molecule has 0 aliphatic heterocycles. The van der Waals surface area contributed by atoms with Gasteiger partial charge in [0.25, 0.3) is 11.5 Å². The topological polar surface area (TPSA) is 76.9 Å². The van der Waals surface area contributed by atoms with Crippen LogP contribution in [-0.4, -0.2) is 20.7 Å². The monoisotopic (exact) mass is 348 g/mol. The standard InChI is InChI=1S/C17H24N4O2S/c1-9-10(2)20-21(7)16(23)13(9)14(22)18-11(3)15-19-12(8-24-15)17(4,5)6/h8,11H,1-7H3,(H,18,22)/t11-/m1/s1. The summed E-state index contributed by atoms with van der Waals surface area (Å²) in [6.07, 6.45) is 0. The Morgan fingerprint density at radius 3 is 2.50 bits per heavy atom. The predicted molar refractivity (Wildman–Crippen MR) is 95.6 cm³/mol. The highest BCUT2D eigenvalue weighted by Gasteiger charge is 2.23. The Kier molecular flexibility index (Phi) is 4.94. The number of amides is 1. The number of nitrogens with zero attached hydrogens (tertiary/aromatic N) is 3. The molecule has 2 heterocycles. The minimum absolute atomic E-state index is 0.0345. The number of thiazole rings is 1. The summed E-state index contributed by atoms with van der Waals surface area (Å²) >= 11 is 1.51. The molecule has 0 bridgehead atoms. The number of carbonyl (C=O) groups is 1. The van der Waals surface area contributed by atoms with Crippen molar-refractivity contribution in [3.8, 4) is 0 Å². The maximum atomic E-state index is 12.6. The quantitative estimate of drug-likeness (QED) is 0.925.